The molecule has 0 bridgehead atoms. The molecule has 0 spiro atoms. The highest BCUT2D eigenvalue weighted by molar-refractivity contribution is 9.10. The molecule has 0 unspecified atom stereocenters. The van der Waals surface area contributed by atoms with Gasteiger partial charge in [-0.15, -0.1) is 0 Å². The van der Waals surface area contributed by atoms with E-state index in [2.05, 4.69) is 15.9 Å². The minimum Gasteiger partial charge on any atom is -0.478 e. The number of halogens is 2. The van der Waals surface area contributed by atoms with E-state index in [4.69, 9.17) is 9.84 Å². The van der Waals surface area contributed by atoms with Crippen molar-refractivity contribution in [1.82, 2.24) is 0 Å². The van der Waals surface area contributed by atoms with E-state index in [9.17, 15) is 9.18 Å². The molecule has 0 aliphatic rings. The highest BCUT2D eigenvalue weighted by Crippen LogP contribution is 2.30. The SMILES string of the molecule is O=C(O)/C=C/c1cccc(F)c1Oc1cccc(Br)c1. The summed E-state index contributed by atoms with van der Waals surface area (Å²) in [6, 6.07) is 11.3. The van der Waals surface area contributed by atoms with E-state index in [1.165, 1.54) is 18.2 Å². The van der Waals surface area contributed by atoms with Gasteiger partial charge in [-0.25, -0.2) is 9.18 Å². The van der Waals surface area contributed by atoms with Crippen molar-refractivity contribution < 1.29 is 19.0 Å². The van der Waals surface area contributed by atoms with Gasteiger partial charge in [0.2, 0.25) is 0 Å². The van der Waals surface area contributed by atoms with E-state index < -0.39 is 11.8 Å². The third-order valence-corrected chi connectivity index (χ3v) is 2.91. The van der Waals surface area contributed by atoms with E-state index in [1.807, 2.05) is 6.07 Å². The van der Waals surface area contributed by atoms with E-state index >= 15 is 0 Å². The summed E-state index contributed by atoms with van der Waals surface area (Å²) in [6.07, 6.45) is 2.22. The molecule has 2 aromatic carbocycles. The number of carboxylic acid groups (broad SMARTS) is 1. The van der Waals surface area contributed by atoms with Gasteiger partial charge in [0.25, 0.3) is 0 Å². The van der Waals surface area contributed by atoms with E-state index in [0.717, 1.165) is 10.5 Å². The molecule has 0 fully saturated rings. The quantitative estimate of drug-likeness (QED) is 0.837. The van der Waals surface area contributed by atoms with Crippen molar-refractivity contribution in [3.8, 4) is 11.5 Å². The summed E-state index contributed by atoms with van der Waals surface area (Å²) in [4.78, 5) is 10.5. The third kappa shape index (κ3) is 3.68. The van der Waals surface area contributed by atoms with Crippen LogP contribution in [-0.4, -0.2) is 11.1 Å². The lowest BCUT2D eigenvalue weighted by Crippen LogP contribution is -1.93. The van der Waals surface area contributed by atoms with Crippen molar-refractivity contribution in [2.45, 2.75) is 0 Å². The van der Waals surface area contributed by atoms with Gasteiger partial charge in [0.05, 0.1) is 0 Å². The van der Waals surface area contributed by atoms with Crippen molar-refractivity contribution >= 4 is 28.0 Å². The number of para-hydroxylation sites is 1. The van der Waals surface area contributed by atoms with Crippen LogP contribution >= 0.6 is 15.9 Å². The molecular weight excluding hydrogens is 327 g/mol. The highest BCUT2D eigenvalue weighted by Gasteiger charge is 2.09. The van der Waals surface area contributed by atoms with Gasteiger partial charge >= 0.3 is 5.97 Å². The lowest BCUT2D eigenvalue weighted by molar-refractivity contribution is -0.131. The van der Waals surface area contributed by atoms with Crippen LogP contribution in [-0.2, 0) is 4.79 Å². The standard InChI is InChI=1S/C15H10BrFO3/c16-11-4-2-5-12(9-11)20-15-10(7-8-14(18)19)3-1-6-13(15)17/h1-9H,(H,18,19)/b8-7+. The average molecular weight is 337 g/mol. The molecule has 1 N–H and O–H groups in total. The lowest BCUT2D eigenvalue weighted by Gasteiger charge is -2.10. The zero-order valence-electron chi connectivity index (χ0n) is 10.2. The number of carboxylic acids is 1. The van der Waals surface area contributed by atoms with Gasteiger partial charge in [0.1, 0.15) is 5.75 Å². The van der Waals surface area contributed by atoms with Crippen LogP contribution < -0.4 is 4.74 Å². The van der Waals surface area contributed by atoms with Gasteiger partial charge in [-0.3, -0.25) is 0 Å². The number of hydrogen-bond acceptors (Lipinski definition) is 2. The second-order valence-electron chi connectivity index (χ2n) is 3.89. The molecule has 0 radical (unpaired) electrons. The van der Waals surface area contributed by atoms with Crippen molar-refractivity contribution in [1.29, 1.82) is 0 Å². The molecule has 0 aliphatic heterocycles. The van der Waals surface area contributed by atoms with Crippen LogP contribution in [0.2, 0.25) is 0 Å². The Bertz CT molecular complexity index is 668. The molecule has 0 saturated carbocycles. The molecule has 0 atom stereocenters. The fraction of sp³-hybridized carbons (Fsp3) is 0. The van der Waals surface area contributed by atoms with Crippen LogP contribution in [0.4, 0.5) is 4.39 Å². The normalized spacial score (nSPS) is 10.7. The summed E-state index contributed by atoms with van der Waals surface area (Å²) in [7, 11) is 0. The van der Waals surface area contributed by atoms with Crippen molar-refractivity contribution in [2.24, 2.45) is 0 Å². The van der Waals surface area contributed by atoms with Gasteiger partial charge in [-0.05, 0) is 30.3 Å². The second-order valence-corrected chi connectivity index (χ2v) is 4.80. The first-order valence-electron chi connectivity index (χ1n) is 5.69. The Morgan fingerprint density at radius 1 is 1.25 bits per heavy atom. The Hall–Kier alpha value is -2.14. The predicted molar refractivity (Wildman–Crippen MR) is 77.3 cm³/mol. The van der Waals surface area contributed by atoms with E-state index in [0.29, 0.717) is 11.3 Å². The van der Waals surface area contributed by atoms with E-state index in [-0.39, 0.29) is 5.75 Å². The minimum atomic E-state index is -1.11. The summed E-state index contributed by atoms with van der Waals surface area (Å²) < 4.78 is 20.1. The first-order valence-corrected chi connectivity index (χ1v) is 6.48. The molecule has 2 aromatic rings. The number of aliphatic carboxylic acids is 1. The fourth-order valence-corrected chi connectivity index (χ4v) is 1.95. The Morgan fingerprint density at radius 2 is 2.00 bits per heavy atom. The number of hydrogen-bond donors (Lipinski definition) is 1. The zero-order chi connectivity index (χ0) is 14.5. The van der Waals surface area contributed by atoms with Crippen molar-refractivity contribution in [2.75, 3.05) is 0 Å². The van der Waals surface area contributed by atoms with Crippen LogP contribution in [0.25, 0.3) is 6.08 Å². The van der Waals surface area contributed by atoms with Crippen LogP contribution in [0.1, 0.15) is 5.56 Å². The van der Waals surface area contributed by atoms with Gasteiger partial charge in [-0.2, -0.15) is 0 Å². The van der Waals surface area contributed by atoms with E-state index in [1.54, 1.807) is 24.3 Å². The predicted octanol–water partition coefficient (Wildman–Crippen LogP) is 4.48. The Kier molecular flexibility index (Phi) is 4.53. The fourth-order valence-electron chi connectivity index (χ4n) is 1.57. The van der Waals surface area contributed by atoms with Crippen LogP contribution in [0, 0.1) is 5.82 Å². The molecule has 3 nitrogen and oxygen atoms in total. The Morgan fingerprint density at radius 3 is 2.70 bits per heavy atom. The minimum absolute atomic E-state index is 0.0110. The first-order chi connectivity index (χ1) is 9.56. The Balaban J connectivity index is 2.37. The average Bonchev–Trinajstić information content (AvgIpc) is 2.39. The number of rotatable bonds is 4. The molecule has 0 heterocycles. The molecule has 20 heavy (non-hydrogen) atoms. The number of carbonyl (C=O) groups is 1. The summed E-state index contributed by atoms with van der Waals surface area (Å²) in [5.74, 6) is -1.22. The molecule has 0 saturated heterocycles. The maximum Gasteiger partial charge on any atom is 0.328 e. The van der Waals surface area contributed by atoms with Gasteiger partial charge in [0, 0.05) is 16.1 Å². The van der Waals surface area contributed by atoms with Crippen LogP contribution in [0.15, 0.2) is 53.0 Å². The second kappa shape index (κ2) is 6.34. The topological polar surface area (TPSA) is 46.5 Å². The number of ether oxygens (including phenoxy) is 1. The monoisotopic (exact) mass is 336 g/mol. The molecule has 0 aromatic heterocycles. The summed E-state index contributed by atoms with van der Waals surface area (Å²) >= 11 is 3.30. The number of benzene rings is 2. The first kappa shape index (κ1) is 14.3. The lowest BCUT2D eigenvalue weighted by atomic mass is 10.1. The molecule has 5 heteroatoms. The largest absolute Gasteiger partial charge is 0.478 e. The third-order valence-electron chi connectivity index (χ3n) is 2.42. The highest BCUT2D eigenvalue weighted by atomic mass is 79.9. The molecule has 2 rings (SSSR count). The summed E-state index contributed by atoms with van der Waals surface area (Å²) in [5.41, 5.74) is 0.354. The van der Waals surface area contributed by atoms with Gasteiger partial charge in [-0.1, -0.05) is 34.1 Å². The van der Waals surface area contributed by atoms with Crippen molar-refractivity contribution in [3.63, 3.8) is 0 Å². The van der Waals surface area contributed by atoms with Gasteiger partial charge < -0.3 is 9.84 Å². The maximum atomic E-state index is 13.8. The maximum absolute atomic E-state index is 13.8. The molecule has 0 aliphatic carbocycles. The van der Waals surface area contributed by atoms with Crippen LogP contribution in [0.5, 0.6) is 11.5 Å². The van der Waals surface area contributed by atoms with Crippen molar-refractivity contribution in [3.05, 3.63) is 64.4 Å². The smallest absolute Gasteiger partial charge is 0.328 e. The van der Waals surface area contributed by atoms with Gasteiger partial charge in [0.15, 0.2) is 11.6 Å². The zero-order valence-corrected chi connectivity index (χ0v) is 11.8. The van der Waals surface area contributed by atoms with Crippen LogP contribution in [0.3, 0.4) is 0 Å². The molecule has 0 amide bonds. The summed E-state index contributed by atoms with van der Waals surface area (Å²) in [5, 5.41) is 8.63. The molecular formula is C15H10BrFO3. The molecule has 102 valence electrons. The Labute approximate surface area is 123 Å². The summed E-state index contributed by atoms with van der Waals surface area (Å²) in [6.45, 7) is 0.